The Balaban J connectivity index is 2.09. The van der Waals surface area contributed by atoms with Gasteiger partial charge in [-0.05, 0) is 19.2 Å². The Kier molecular flexibility index (Phi) is 4.09. The number of furan rings is 1. The average molecular weight is 301 g/mol. The lowest BCUT2D eigenvalue weighted by molar-refractivity contribution is -0.119. The Bertz CT molecular complexity index is 601. The minimum absolute atomic E-state index is 0.0293. The molecule has 2 heterocycles. The summed E-state index contributed by atoms with van der Waals surface area (Å²) in [7, 11) is -2.43. The van der Waals surface area contributed by atoms with Crippen molar-refractivity contribution in [3.05, 3.63) is 17.9 Å². The first kappa shape index (κ1) is 14.5. The van der Waals surface area contributed by atoms with Crippen LogP contribution in [0.5, 0.6) is 0 Å². The number of carbonyl (C=O) groups is 2. The van der Waals surface area contributed by atoms with Crippen molar-refractivity contribution in [3.63, 3.8) is 0 Å². The summed E-state index contributed by atoms with van der Waals surface area (Å²) in [6.07, 6.45) is 0.742. The second kappa shape index (κ2) is 5.63. The van der Waals surface area contributed by atoms with E-state index < -0.39 is 10.0 Å². The molecule has 0 atom stereocenters. The summed E-state index contributed by atoms with van der Waals surface area (Å²) in [6.45, 7) is 1.70. The molecule has 0 aromatic carbocycles. The van der Waals surface area contributed by atoms with Crippen LogP contribution in [0.1, 0.15) is 10.6 Å². The molecule has 1 saturated heterocycles. The molecule has 2 amide bonds. The van der Waals surface area contributed by atoms with Gasteiger partial charge in [-0.1, -0.05) is 0 Å². The van der Waals surface area contributed by atoms with Gasteiger partial charge in [0.2, 0.25) is 11.5 Å². The number of carbonyl (C=O) groups excluding carboxylic acids is 2. The molecule has 0 aliphatic carbocycles. The van der Waals surface area contributed by atoms with E-state index in [1.165, 1.54) is 24.1 Å². The number of nitrogens with zero attached hydrogens (tertiary/aromatic N) is 2. The fourth-order valence-electron chi connectivity index (χ4n) is 1.87. The molecule has 1 N–H and O–H groups in total. The highest BCUT2D eigenvalue weighted by atomic mass is 32.2. The molecule has 0 unspecified atom stereocenters. The average Bonchev–Trinajstić information content (AvgIpc) is 2.97. The Morgan fingerprint density at radius 3 is 2.50 bits per heavy atom. The largest absolute Gasteiger partial charge is 0.438 e. The van der Waals surface area contributed by atoms with E-state index in [9.17, 15) is 18.0 Å². The fourth-order valence-corrected chi connectivity index (χ4v) is 2.51. The monoisotopic (exact) mass is 301 g/mol. The molecule has 8 nitrogen and oxygen atoms in total. The zero-order valence-electron chi connectivity index (χ0n) is 10.9. The summed E-state index contributed by atoms with van der Waals surface area (Å²) >= 11 is 0. The Morgan fingerprint density at radius 1 is 1.30 bits per heavy atom. The lowest BCUT2D eigenvalue weighted by atomic mass is 10.3. The van der Waals surface area contributed by atoms with Crippen LogP contribution in [0.3, 0.4) is 0 Å². The molecular weight excluding hydrogens is 286 g/mol. The molecule has 0 bridgehead atoms. The van der Waals surface area contributed by atoms with Crippen LogP contribution < -0.4 is 4.72 Å². The van der Waals surface area contributed by atoms with Crippen LogP contribution >= 0.6 is 0 Å². The van der Waals surface area contributed by atoms with Crippen LogP contribution in [0.2, 0.25) is 0 Å². The van der Waals surface area contributed by atoms with E-state index in [1.54, 1.807) is 4.90 Å². The van der Waals surface area contributed by atoms with E-state index in [1.807, 2.05) is 0 Å². The molecule has 0 radical (unpaired) electrons. The Morgan fingerprint density at radius 2 is 1.95 bits per heavy atom. The quantitative estimate of drug-likeness (QED) is 0.727. The van der Waals surface area contributed by atoms with Gasteiger partial charge in [-0.15, -0.1) is 0 Å². The van der Waals surface area contributed by atoms with Gasteiger partial charge in [0.25, 0.3) is 15.9 Å². The molecule has 1 fully saturated rings. The van der Waals surface area contributed by atoms with E-state index in [0.29, 0.717) is 26.2 Å². The molecule has 1 aliphatic heterocycles. The van der Waals surface area contributed by atoms with Crippen molar-refractivity contribution in [2.75, 3.05) is 33.2 Å². The summed E-state index contributed by atoms with van der Waals surface area (Å²) in [4.78, 5) is 25.8. The highest BCUT2D eigenvalue weighted by Gasteiger charge is 2.25. The standard InChI is InChI=1S/C11H15N3O5S/c1-12-20(17,18)10-3-2-9(19-10)11(16)14-6-4-13(8-15)5-7-14/h2-3,8,12H,4-7H2,1H3. The summed E-state index contributed by atoms with van der Waals surface area (Å²) in [5.74, 6) is -0.411. The third-order valence-corrected chi connectivity index (χ3v) is 4.36. The van der Waals surface area contributed by atoms with Gasteiger partial charge in [-0.25, -0.2) is 13.1 Å². The van der Waals surface area contributed by atoms with Gasteiger partial charge >= 0.3 is 0 Å². The summed E-state index contributed by atoms with van der Waals surface area (Å²) in [5, 5.41) is -0.296. The Hall–Kier alpha value is -1.87. The van der Waals surface area contributed by atoms with Gasteiger partial charge in [0.15, 0.2) is 5.76 Å². The SMILES string of the molecule is CNS(=O)(=O)c1ccc(C(=O)N2CCN(C=O)CC2)o1. The number of hydrogen-bond donors (Lipinski definition) is 1. The second-order valence-electron chi connectivity index (χ2n) is 4.26. The number of nitrogens with one attached hydrogen (secondary N) is 1. The Labute approximate surface area is 116 Å². The van der Waals surface area contributed by atoms with Crippen molar-refractivity contribution < 1.29 is 22.4 Å². The van der Waals surface area contributed by atoms with E-state index in [-0.39, 0.29) is 16.8 Å². The number of amides is 2. The smallest absolute Gasteiger partial charge is 0.289 e. The maximum Gasteiger partial charge on any atom is 0.289 e. The molecule has 20 heavy (non-hydrogen) atoms. The van der Waals surface area contributed by atoms with Crippen LogP contribution in [0, 0.1) is 0 Å². The minimum Gasteiger partial charge on any atom is -0.438 e. The van der Waals surface area contributed by atoms with Crippen molar-refractivity contribution in [1.29, 1.82) is 0 Å². The number of hydrogen-bond acceptors (Lipinski definition) is 5. The summed E-state index contributed by atoms with van der Waals surface area (Å²) in [6, 6.07) is 2.57. The van der Waals surface area contributed by atoms with Crippen LogP contribution in [-0.2, 0) is 14.8 Å². The predicted octanol–water partition coefficient (Wildman–Crippen LogP) is -0.898. The first-order valence-electron chi connectivity index (χ1n) is 6.00. The van der Waals surface area contributed by atoms with Crippen molar-refractivity contribution in [2.45, 2.75) is 5.09 Å². The topological polar surface area (TPSA) is 99.9 Å². The maximum atomic E-state index is 12.1. The van der Waals surface area contributed by atoms with Crippen molar-refractivity contribution in [1.82, 2.24) is 14.5 Å². The van der Waals surface area contributed by atoms with Crippen LogP contribution in [-0.4, -0.2) is 63.8 Å². The molecule has 1 aromatic rings. The molecule has 110 valence electrons. The number of piperazine rings is 1. The van der Waals surface area contributed by atoms with Crippen molar-refractivity contribution in [3.8, 4) is 0 Å². The van der Waals surface area contributed by atoms with Crippen LogP contribution in [0.15, 0.2) is 21.6 Å². The van der Waals surface area contributed by atoms with E-state index in [4.69, 9.17) is 4.42 Å². The van der Waals surface area contributed by atoms with Crippen molar-refractivity contribution >= 4 is 22.3 Å². The van der Waals surface area contributed by atoms with Gasteiger partial charge < -0.3 is 14.2 Å². The van der Waals surface area contributed by atoms with Gasteiger partial charge in [-0.2, -0.15) is 0 Å². The maximum absolute atomic E-state index is 12.1. The summed E-state index contributed by atoms with van der Waals surface area (Å²) < 4.78 is 30.2. The van der Waals surface area contributed by atoms with Gasteiger partial charge in [-0.3, -0.25) is 9.59 Å². The second-order valence-corrected chi connectivity index (χ2v) is 6.08. The van der Waals surface area contributed by atoms with E-state index >= 15 is 0 Å². The normalized spacial score (nSPS) is 16.2. The lowest BCUT2D eigenvalue weighted by Crippen LogP contribution is -2.48. The third-order valence-electron chi connectivity index (χ3n) is 3.08. The van der Waals surface area contributed by atoms with Crippen LogP contribution in [0.25, 0.3) is 0 Å². The lowest BCUT2D eigenvalue weighted by Gasteiger charge is -2.31. The third kappa shape index (κ3) is 2.83. The molecule has 2 rings (SSSR count). The van der Waals surface area contributed by atoms with Crippen LogP contribution in [0.4, 0.5) is 0 Å². The summed E-state index contributed by atoms with van der Waals surface area (Å²) in [5.41, 5.74) is 0. The number of sulfonamides is 1. The highest BCUT2D eigenvalue weighted by Crippen LogP contribution is 2.16. The van der Waals surface area contributed by atoms with Gasteiger partial charge in [0.05, 0.1) is 0 Å². The molecule has 0 spiro atoms. The van der Waals surface area contributed by atoms with Gasteiger partial charge in [0, 0.05) is 26.2 Å². The fraction of sp³-hybridized carbons (Fsp3) is 0.455. The molecule has 9 heteroatoms. The first-order valence-corrected chi connectivity index (χ1v) is 7.48. The first-order chi connectivity index (χ1) is 9.47. The highest BCUT2D eigenvalue weighted by molar-refractivity contribution is 7.89. The molecule has 1 aliphatic rings. The van der Waals surface area contributed by atoms with E-state index in [0.717, 1.165) is 6.41 Å². The molecule has 0 saturated carbocycles. The van der Waals surface area contributed by atoms with E-state index in [2.05, 4.69) is 4.72 Å². The molecular formula is C11H15N3O5S. The van der Waals surface area contributed by atoms with Gasteiger partial charge in [0.1, 0.15) is 0 Å². The zero-order chi connectivity index (χ0) is 14.8. The predicted molar refractivity (Wildman–Crippen MR) is 68.5 cm³/mol. The number of rotatable bonds is 4. The zero-order valence-corrected chi connectivity index (χ0v) is 11.7. The molecule has 1 aromatic heterocycles. The minimum atomic E-state index is -3.70. The van der Waals surface area contributed by atoms with Crippen molar-refractivity contribution in [2.24, 2.45) is 0 Å².